The summed E-state index contributed by atoms with van der Waals surface area (Å²) >= 11 is 0. The van der Waals surface area contributed by atoms with Crippen LogP contribution in [0.1, 0.15) is 37.1 Å². The van der Waals surface area contributed by atoms with Crippen LogP contribution in [0.15, 0.2) is 65.5 Å². The molecule has 0 saturated heterocycles. The first kappa shape index (κ1) is 22.4. The summed E-state index contributed by atoms with van der Waals surface area (Å²) in [6.45, 7) is 5.09. The van der Waals surface area contributed by atoms with Crippen molar-refractivity contribution in [1.29, 1.82) is 5.26 Å². The maximum atomic E-state index is 12.9. The van der Waals surface area contributed by atoms with Crippen molar-refractivity contribution in [3.63, 3.8) is 0 Å². The summed E-state index contributed by atoms with van der Waals surface area (Å²) in [4.78, 5) is 21.8. The number of aryl methyl sites for hydroxylation is 1. The summed E-state index contributed by atoms with van der Waals surface area (Å²) in [5.41, 5.74) is 4.01. The molecule has 2 atom stereocenters. The first-order chi connectivity index (χ1) is 14.8. The van der Waals surface area contributed by atoms with Crippen LogP contribution in [-0.4, -0.2) is 36.1 Å². The van der Waals surface area contributed by atoms with Gasteiger partial charge >= 0.3 is 0 Å². The van der Waals surface area contributed by atoms with E-state index in [4.69, 9.17) is 5.26 Å². The number of fused-ring (bicyclic) bond motifs is 1. The van der Waals surface area contributed by atoms with Crippen molar-refractivity contribution in [3.05, 3.63) is 77.4 Å². The minimum atomic E-state index is -2.47. The highest BCUT2D eigenvalue weighted by Crippen LogP contribution is 2.24. The van der Waals surface area contributed by atoms with Gasteiger partial charge in [-0.05, 0) is 47.7 Å². The third kappa shape index (κ3) is 5.28. The topological polar surface area (TPSA) is 86.9 Å². The molecule has 2 aliphatic rings. The van der Waals surface area contributed by atoms with Crippen LogP contribution in [0.2, 0.25) is 0 Å². The quantitative estimate of drug-likeness (QED) is 0.691. The SMILES string of the molecule is C=S(=O)(c1ccc(CC)nc1)[C@@H]1C=CC=C(C#N)C1.CC(=O)N1Cc2ccncc2C1. The Labute approximate surface area is 184 Å². The smallest absolute Gasteiger partial charge is 0.220 e. The van der Waals surface area contributed by atoms with E-state index in [2.05, 4.69) is 21.9 Å². The lowest BCUT2D eigenvalue weighted by molar-refractivity contribution is -0.129. The van der Waals surface area contributed by atoms with Crippen molar-refractivity contribution in [2.45, 2.75) is 49.9 Å². The molecule has 2 aromatic rings. The van der Waals surface area contributed by atoms with Gasteiger partial charge in [-0.25, -0.2) is 0 Å². The minimum Gasteiger partial charge on any atom is -0.334 e. The zero-order chi connectivity index (χ0) is 22.4. The number of pyridine rings is 2. The average Bonchev–Trinajstić information content (AvgIpc) is 3.24. The van der Waals surface area contributed by atoms with Gasteiger partial charge in [-0.1, -0.05) is 19.1 Å². The van der Waals surface area contributed by atoms with Gasteiger partial charge in [-0.15, -0.1) is 0 Å². The van der Waals surface area contributed by atoms with Crippen LogP contribution in [0.25, 0.3) is 0 Å². The molecule has 1 amide bonds. The molecule has 6 nitrogen and oxygen atoms in total. The Bertz CT molecular complexity index is 1130. The Morgan fingerprint density at radius 2 is 2.06 bits per heavy atom. The van der Waals surface area contributed by atoms with Crippen LogP contribution in [0.4, 0.5) is 0 Å². The van der Waals surface area contributed by atoms with E-state index in [1.54, 1.807) is 31.5 Å². The highest BCUT2D eigenvalue weighted by Gasteiger charge is 2.23. The molecule has 7 heteroatoms. The van der Waals surface area contributed by atoms with Crippen molar-refractivity contribution in [2.75, 3.05) is 0 Å². The largest absolute Gasteiger partial charge is 0.334 e. The molecule has 3 heterocycles. The maximum absolute atomic E-state index is 12.9. The Hall–Kier alpha value is -3.24. The number of hydrogen-bond donors (Lipinski definition) is 0. The summed E-state index contributed by atoms with van der Waals surface area (Å²) in [5.74, 6) is 4.02. The van der Waals surface area contributed by atoms with Crippen LogP contribution in [-0.2, 0) is 33.8 Å². The van der Waals surface area contributed by atoms with Gasteiger partial charge in [0.05, 0.1) is 11.3 Å². The molecule has 0 aromatic carbocycles. The summed E-state index contributed by atoms with van der Waals surface area (Å²) in [7, 11) is -2.47. The molecular formula is C24H26N4O2S. The minimum absolute atomic E-state index is 0.131. The summed E-state index contributed by atoms with van der Waals surface area (Å²) in [6.07, 6.45) is 12.0. The number of aromatic nitrogens is 2. The van der Waals surface area contributed by atoms with Crippen LogP contribution >= 0.6 is 0 Å². The van der Waals surface area contributed by atoms with Crippen LogP contribution in [0.3, 0.4) is 0 Å². The number of allylic oxidation sites excluding steroid dienone is 3. The fourth-order valence-corrected chi connectivity index (χ4v) is 5.11. The second-order valence-corrected chi connectivity index (χ2v) is 10.0. The molecule has 0 spiro atoms. The van der Waals surface area contributed by atoms with Crippen LogP contribution in [0.5, 0.6) is 0 Å². The van der Waals surface area contributed by atoms with Crippen molar-refractivity contribution >= 4 is 21.3 Å². The third-order valence-electron chi connectivity index (χ3n) is 5.41. The van der Waals surface area contributed by atoms with E-state index in [0.717, 1.165) is 25.2 Å². The number of rotatable bonds is 3. The summed E-state index contributed by atoms with van der Waals surface area (Å²) in [6, 6.07) is 7.80. The van der Waals surface area contributed by atoms with Gasteiger partial charge in [0.15, 0.2) is 0 Å². The first-order valence-corrected chi connectivity index (χ1v) is 11.9. The predicted molar refractivity (Wildman–Crippen MR) is 123 cm³/mol. The monoisotopic (exact) mass is 434 g/mol. The molecule has 1 aliphatic carbocycles. The average molecular weight is 435 g/mol. The van der Waals surface area contributed by atoms with Gasteiger partial charge in [0.25, 0.3) is 0 Å². The van der Waals surface area contributed by atoms with E-state index in [9.17, 15) is 9.00 Å². The lowest BCUT2D eigenvalue weighted by atomic mass is 10.1. The van der Waals surface area contributed by atoms with Crippen molar-refractivity contribution in [1.82, 2.24) is 14.9 Å². The molecule has 4 rings (SSSR count). The number of nitriles is 1. The van der Waals surface area contributed by atoms with Crippen LogP contribution in [0, 0.1) is 11.3 Å². The van der Waals surface area contributed by atoms with E-state index in [-0.39, 0.29) is 11.2 Å². The Kier molecular flexibility index (Phi) is 7.03. The highest BCUT2D eigenvalue weighted by atomic mass is 32.2. The van der Waals surface area contributed by atoms with E-state index < -0.39 is 9.52 Å². The highest BCUT2D eigenvalue weighted by molar-refractivity contribution is 8.01. The summed E-state index contributed by atoms with van der Waals surface area (Å²) in [5, 5.41) is 8.70. The fraction of sp³-hybridized carbons (Fsp3) is 0.292. The van der Waals surface area contributed by atoms with Gasteiger partial charge < -0.3 is 4.90 Å². The predicted octanol–water partition coefficient (Wildman–Crippen LogP) is 3.44. The first-order valence-electron chi connectivity index (χ1n) is 10.1. The molecule has 0 N–H and O–H groups in total. The molecule has 0 bridgehead atoms. The van der Waals surface area contributed by atoms with Crippen molar-refractivity contribution in [2.24, 2.45) is 0 Å². The molecule has 160 valence electrons. The zero-order valence-electron chi connectivity index (χ0n) is 17.8. The van der Waals surface area contributed by atoms with Gasteiger partial charge in [0, 0.05) is 70.7 Å². The molecule has 1 aliphatic heterocycles. The Balaban J connectivity index is 0.000000194. The molecular weight excluding hydrogens is 408 g/mol. The van der Waals surface area contributed by atoms with Crippen LogP contribution < -0.4 is 0 Å². The Morgan fingerprint density at radius 3 is 2.68 bits per heavy atom. The lowest BCUT2D eigenvalue weighted by Crippen LogP contribution is -2.21. The van der Waals surface area contributed by atoms with Gasteiger partial charge in [0.1, 0.15) is 0 Å². The molecule has 0 fully saturated rings. The fourth-order valence-electron chi connectivity index (χ4n) is 3.43. The zero-order valence-corrected chi connectivity index (χ0v) is 18.6. The molecule has 1 unspecified atom stereocenters. The third-order valence-corrected chi connectivity index (χ3v) is 7.75. The van der Waals surface area contributed by atoms with E-state index in [1.165, 1.54) is 11.1 Å². The van der Waals surface area contributed by atoms with E-state index in [0.29, 0.717) is 16.9 Å². The number of nitrogens with zero attached hydrogens (tertiary/aromatic N) is 4. The number of carbonyl (C=O) groups is 1. The van der Waals surface area contributed by atoms with Gasteiger partial charge in [0.2, 0.25) is 5.91 Å². The summed E-state index contributed by atoms with van der Waals surface area (Å²) < 4.78 is 12.9. The molecule has 0 radical (unpaired) electrons. The second kappa shape index (κ2) is 9.71. The van der Waals surface area contributed by atoms with Crippen molar-refractivity contribution in [3.8, 4) is 6.07 Å². The second-order valence-electron chi connectivity index (χ2n) is 7.52. The Morgan fingerprint density at radius 1 is 1.29 bits per heavy atom. The van der Waals surface area contributed by atoms with E-state index in [1.807, 2.05) is 42.3 Å². The normalized spacial score (nSPS) is 18.7. The number of hydrogen-bond acceptors (Lipinski definition) is 5. The molecule has 2 aromatic heterocycles. The number of amides is 1. The maximum Gasteiger partial charge on any atom is 0.220 e. The molecule has 0 saturated carbocycles. The van der Waals surface area contributed by atoms with Gasteiger partial charge in [-0.3, -0.25) is 19.0 Å². The van der Waals surface area contributed by atoms with Gasteiger partial charge in [-0.2, -0.15) is 5.26 Å². The lowest BCUT2D eigenvalue weighted by Gasteiger charge is -2.20. The standard InChI is InChI=1S/C15H16N2OS.C9H10N2O/c1-3-13-7-8-15(11-17-13)19(2,18)14-6-4-5-12(9-14)10-16;1-7(12)11-5-8-2-3-10-4-9(8)6-11/h4-8,11,14H,2-3,9H2,1H3;2-4H,5-6H2,1H3/t14-,19?;/m1./s1. The van der Waals surface area contributed by atoms with E-state index >= 15 is 0 Å². The van der Waals surface area contributed by atoms with Crippen molar-refractivity contribution < 1.29 is 9.00 Å². The number of carbonyl (C=O) groups excluding carboxylic acids is 1. The molecule has 31 heavy (non-hydrogen) atoms.